The molecule has 0 spiro atoms. The molecule has 0 bridgehead atoms. The van der Waals surface area contributed by atoms with E-state index in [0.717, 1.165) is 24.8 Å². The Labute approximate surface area is 165 Å². The van der Waals surface area contributed by atoms with Gasteiger partial charge in [-0.25, -0.2) is 0 Å². The van der Waals surface area contributed by atoms with Gasteiger partial charge in [0.25, 0.3) is 5.97 Å². The summed E-state index contributed by atoms with van der Waals surface area (Å²) in [5.41, 5.74) is 2.46. The van der Waals surface area contributed by atoms with Gasteiger partial charge in [0.05, 0.1) is 0 Å². The Kier molecular flexibility index (Phi) is 12.2. The van der Waals surface area contributed by atoms with Crippen LogP contribution in [0, 0.1) is 5.92 Å². The lowest BCUT2D eigenvalue weighted by Gasteiger charge is -2.36. The summed E-state index contributed by atoms with van der Waals surface area (Å²) in [6.07, 6.45) is 10.6. The van der Waals surface area contributed by atoms with Crippen LogP contribution in [0.5, 0.6) is 0 Å². The van der Waals surface area contributed by atoms with Crippen molar-refractivity contribution in [3.8, 4) is 0 Å². The molecule has 0 fully saturated rings. The van der Waals surface area contributed by atoms with Crippen LogP contribution in [0.1, 0.15) is 69.4 Å². The van der Waals surface area contributed by atoms with Gasteiger partial charge in [-0.15, -0.1) is 11.6 Å². The number of hydrogen-bond acceptors (Lipinski definition) is 3. The van der Waals surface area contributed by atoms with E-state index in [1.807, 2.05) is 0 Å². The van der Waals surface area contributed by atoms with Gasteiger partial charge >= 0.3 is 0 Å². The number of methoxy groups -OCH3 is 3. The van der Waals surface area contributed by atoms with Gasteiger partial charge in [0.1, 0.15) is 0 Å². The minimum Gasteiger partial charge on any atom is -0.331 e. The Balaban J connectivity index is 2.67. The van der Waals surface area contributed by atoms with Crippen molar-refractivity contribution >= 4 is 11.6 Å². The Bertz CT molecular complexity index is 466. The molecule has 1 atom stereocenters. The molecule has 1 rings (SSSR count). The smallest absolute Gasteiger partial charge is 0.285 e. The predicted molar refractivity (Wildman–Crippen MR) is 110 cm³/mol. The average molecular weight is 385 g/mol. The number of benzene rings is 1. The Hall–Kier alpha value is -0.610. The molecule has 3 nitrogen and oxygen atoms in total. The molecule has 0 saturated heterocycles. The zero-order valence-electron chi connectivity index (χ0n) is 17.1. The van der Waals surface area contributed by atoms with E-state index in [1.54, 1.807) is 21.3 Å². The molecule has 0 aliphatic carbocycles. The van der Waals surface area contributed by atoms with Gasteiger partial charge in [-0.05, 0) is 30.4 Å². The molecule has 1 aromatic rings. The van der Waals surface area contributed by atoms with Crippen LogP contribution in [0.15, 0.2) is 24.3 Å². The summed E-state index contributed by atoms with van der Waals surface area (Å²) in [7, 11) is 4.99. The Morgan fingerprint density at radius 1 is 0.885 bits per heavy atom. The lowest BCUT2D eigenvalue weighted by Crippen LogP contribution is -2.44. The first-order valence-corrected chi connectivity index (χ1v) is 10.5. The molecular weight excluding hydrogens is 348 g/mol. The van der Waals surface area contributed by atoms with Crippen molar-refractivity contribution < 1.29 is 14.2 Å². The first-order valence-electron chi connectivity index (χ1n) is 9.95. The maximum atomic E-state index is 5.96. The first-order chi connectivity index (χ1) is 12.7. The first kappa shape index (κ1) is 23.4. The van der Waals surface area contributed by atoms with E-state index in [4.69, 9.17) is 25.8 Å². The number of alkyl halides is 1. The monoisotopic (exact) mass is 384 g/mol. The van der Waals surface area contributed by atoms with Crippen LogP contribution in [0.3, 0.4) is 0 Å². The van der Waals surface area contributed by atoms with Gasteiger partial charge in [0.2, 0.25) is 0 Å². The highest BCUT2D eigenvalue weighted by Gasteiger charge is 2.39. The molecule has 0 aliphatic rings. The minimum atomic E-state index is -0.965. The Morgan fingerprint density at radius 3 is 2.12 bits per heavy atom. The second kappa shape index (κ2) is 13.5. The molecule has 4 heteroatoms. The highest BCUT2D eigenvalue weighted by molar-refractivity contribution is 6.17. The van der Waals surface area contributed by atoms with Gasteiger partial charge in [-0.2, -0.15) is 0 Å². The van der Waals surface area contributed by atoms with Crippen LogP contribution in [0.25, 0.3) is 0 Å². The van der Waals surface area contributed by atoms with Gasteiger partial charge in [0.15, 0.2) is 0 Å². The van der Waals surface area contributed by atoms with Crippen molar-refractivity contribution in [1.82, 2.24) is 0 Å². The van der Waals surface area contributed by atoms with Crippen LogP contribution in [-0.2, 0) is 26.5 Å². The molecule has 1 aromatic carbocycles. The SMILES string of the molecule is CCCCCCCCC(CCc1cccc(CCl)c1)C(OC)(OC)OC. The minimum absolute atomic E-state index is 0.188. The van der Waals surface area contributed by atoms with Gasteiger partial charge in [-0.1, -0.05) is 69.7 Å². The van der Waals surface area contributed by atoms with Gasteiger partial charge < -0.3 is 14.2 Å². The molecule has 150 valence electrons. The van der Waals surface area contributed by atoms with E-state index < -0.39 is 5.97 Å². The molecule has 0 N–H and O–H groups in total. The van der Waals surface area contributed by atoms with Gasteiger partial charge in [0, 0.05) is 33.1 Å². The maximum absolute atomic E-state index is 5.96. The quantitative estimate of drug-likeness (QED) is 0.201. The summed E-state index contributed by atoms with van der Waals surface area (Å²) < 4.78 is 17.0. The summed E-state index contributed by atoms with van der Waals surface area (Å²) in [4.78, 5) is 0. The van der Waals surface area contributed by atoms with Crippen molar-refractivity contribution in [1.29, 1.82) is 0 Å². The molecular formula is C22H37ClO3. The third kappa shape index (κ3) is 7.56. The second-order valence-corrected chi connectivity index (χ2v) is 7.23. The normalized spacial score (nSPS) is 13.1. The average Bonchev–Trinajstić information content (AvgIpc) is 2.69. The number of halogens is 1. The summed E-state index contributed by atoms with van der Waals surface area (Å²) in [5, 5.41) is 0. The fraction of sp³-hybridized carbons (Fsp3) is 0.727. The van der Waals surface area contributed by atoms with E-state index >= 15 is 0 Å². The molecule has 0 amide bonds. The predicted octanol–water partition coefficient (Wildman–Crippen LogP) is 6.32. The largest absolute Gasteiger partial charge is 0.331 e. The summed E-state index contributed by atoms with van der Waals surface area (Å²) in [5.74, 6) is -0.228. The van der Waals surface area contributed by atoms with Crippen molar-refractivity contribution in [2.24, 2.45) is 5.92 Å². The van der Waals surface area contributed by atoms with E-state index in [2.05, 4.69) is 31.2 Å². The van der Waals surface area contributed by atoms with E-state index in [9.17, 15) is 0 Å². The molecule has 0 heterocycles. The highest BCUT2D eigenvalue weighted by Crippen LogP contribution is 2.32. The van der Waals surface area contributed by atoms with Crippen LogP contribution in [0.2, 0.25) is 0 Å². The molecule has 0 saturated carbocycles. The number of hydrogen-bond donors (Lipinski definition) is 0. The van der Waals surface area contributed by atoms with Crippen LogP contribution < -0.4 is 0 Å². The van der Waals surface area contributed by atoms with Gasteiger partial charge in [-0.3, -0.25) is 0 Å². The third-order valence-electron chi connectivity index (χ3n) is 5.19. The van der Waals surface area contributed by atoms with Crippen LogP contribution in [0.4, 0.5) is 0 Å². The zero-order valence-corrected chi connectivity index (χ0v) is 17.8. The fourth-order valence-electron chi connectivity index (χ4n) is 3.63. The van der Waals surface area contributed by atoms with E-state index in [-0.39, 0.29) is 5.92 Å². The van der Waals surface area contributed by atoms with Crippen molar-refractivity contribution in [3.63, 3.8) is 0 Å². The summed E-state index contributed by atoms with van der Waals surface area (Å²) in [6, 6.07) is 8.48. The number of rotatable bonds is 15. The van der Waals surface area contributed by atoms with Crippen LogP contribution >= 0.6 is 11.6 Å². The van der Waals surface area contributed by atoms with E-state index in [1.165, 1.54) is 44.1 Å². The number of aryl methyl sites for hydroxylation is 1. The van der Waals surface area contributed by atoms with Crippen molar-refractivity contribution in [2.45, 2.75) is 76.6 Å². The zero-order chi connectivity index (χ0) is 19.3. The lowest BCUT2D eigenvalue weighted by atomic mass is 9.91. The van der Waals surface area contributed by atoms with Crippen molar-refractivity contribution in [2.75, 3.05) is 21.3 Å². The summed E-state index contributed by atoms with van der Waals surface area (Å²) in [6.45, 7) is 2.25. The molecule has 0 radical (unpaired) electrons. The fourth-order valence-corrected chi connectivity index (χ4v) is 3.79. The van der Waals surface area contributed by atoms with E-state index in [0.29, 0.717) is 5.88 Å². The number of ether oxygens (including phenoxy) is 3. The number of unbranched alkanes of at least 4 members (excludes halogenated alkanes) is 5. The van der Waals surface area contributed by atoms with Crippen LogP contribution in [-0.4, -0.2) is 27.3 Å². The standard InChI is InChI=1S/C22H37ClO3/c1-5-6-7-8-9-10-14-21(22(24-2,25-3)26-4)16-15-19-12-11-13-20(17-19)18-23/h11-13,17,21H,5-10,14-16,18H2,1-4H3. The Morgan fingerprint density at radius 2 is 1.50 bits per heavy atom. The highest BCUT2D eigenvalue weighted by atomic mass is 35.5. The summed E-state index contributed by atoms with van der Waals surface area (Å²) >= 11 is 5.96. The molecule has 0 aliphatic heterocycles. The van der Waals surface area contributed by atoms with Crippen molar-refractivity contribution in [3.05, 3.63) is 35.4 Å². The lowest BCUT2D eigenvalue weighted by molar-refractivity contribution is -0.380. The molecule has 1 unspecified atom stereocenters. The topological polar surface area (TPSA) is 27.7 Å². The second-order valence-electron chi connectivity index (χ2n) is 6.96. The molecule has 26 heavy (non-hydrogen) atoms. The maximum Gasteiger partial charge on any atom is 0.285 e. The third-order valence-corrected chi connectivity index (χ3v) is 5.50. The molecule has 0 aromatic heterocycles.